The van der Waals surface area contributed by atoms with Gasteiger partial charge in [-0.2, -0.15) is 4.98 Å². The van der Waals surface area contributed by atoms with Crippen LogP contribution < -0.4 is 27.0 Å². The number of primary amides is 1. The second-order valence-corrected chi connectivity index (χ2v) is 9.64. The maximum Gasteiger partial charge on any atom is 0.407 e. The first-order valence-corrected chi connectivity index (χ1v) is 12.7. The molecule has 1 aromatic heterocycles. The van der Waals surface area contributed by atoms with Gasteiger partial charge in [-0.3, -0.25) is 4.79 Å². The molecular weight excluding hydrogens is 494 g/mol. The number of hydrogen-bond donors (Lipinski definition) is 5. The summed E-state index contributed by atoms with van der Waals surface area (Å²) in [6.07, 6.45) is 2.15. The number of nitrogens with one attached hydrogen (secondary N) is 4. The Balaban J connectivity index is 1.66. The van der Waals surface area contributed by atoms with Crippen LogP contribution >= 0.6 is 0 Å². The Morgan fingerprint density at radius 2 is 1.74 bits per heavy atom. The Labute approximate surface area is 229 Å². The van der Waals surface area contributed by atoms with E-state index in [0.29, 0.717) is 36.0 Å². The average Bonchev–Trinajstić information content (AvgIpc) is 2.89. The van der Waals surface area contributed by atoms with Crippen molar-refractivity contribution in [3.63, 3.8) is 0 Å². The van der Waals surface area contributed by atoms with Gasteiger partial charge >= 0.3 is 6.09 Å². The maximum absolute atomic E-state index is 11.8. The van der Waals surface area contributed by atoms with Gasteiger partial charge in [0.15, 0.2) is 0 Å². The molecule has 0 bridgehead atoms. The summed E-state index contributed by atoms with van der Waals surface area (Å²) in [7, 11) is 0. The van der Waals surface area contributed by atoms with E-state index in [-0.39, 0.29) is 0 Å². The highest BCUT2D eigenvalue weighted by molar-refractivity contribution is 5.93. The van der Waals surface area contributed by atoms with E-state index in [1.54, 1.807) is 30.5 Å². The molecule has 0 fully saturated rings. The third kappa shape index (κ3) is 9.89. The van der Waals surface area contributed by atoms with Crippen LogP contribution in [-0.4, -0.2) is 47.2 Å². The minimum atomic E-state index is -0.530. The number of nitrogens with zero attached hydrogens (tertiary/aromatic N) is 2. The van der Waals surface area contributed by atoms with Crippen LogP contribution in [0.2, 0.25) is 0 Å². The Morgan fingerprint density at radius 1 is 0.974 bits per heavy atom. The molecule has 0 radical (unpaired) electrons. The van der Waals surface area contributed by atoms with Gasteiger partial charge < -0.3 is 31.7 Å². The van der Waals surface area contributed by atoms with E-state index in [1.165, 1.54) is 0 Å². The van der Waals surface area contributed by atoms with Gasteiger partial charge in [-0.05, 0) is 69.7 Å². The van der Waals surface area contributed by atoms with Crippen molar-refractivity contribution in [2.75, 3.05) is 35.6 Å². The van der Waals surface area contributed by atoms with Crippen molar-refractivity contribution >= 4 is 35.1 Å². The molecule has 204 valence electrons. The second kappa shape index (κ2) is 13.7. The normalized spacial score (nSPS) is 10.6. The van der Waals surface area contributed by atoms with E-state index in [9.17, 15) is 9.59 Å². The molecule has 2 aromatic carbocycles. The average molecular weight is 530 g/mol. The zero-order chi connectivity index (χ0) is 28.3. The summed E-state index contributed by atoms with van der Waals surface area (Å²) in [4.78, 5) is 32.1. The van der Waals surface area contributed by atoms with Crippen molar-refractivity contribution in [2.45, 2.75) is 39.7 Å². The van der Waals surface area contributed by atoms with E-state index < -0.39 is 17.6 Å². The first-order chi connectivity index (χ1) is 18.6. The Kier molecular flexibility index (Phi) is 10.1. The molecule has 0 atom stereocenters. The summed E-state index contributed by atoms with van der Waals surface area (Å²) in [6.45, 7) is 9.23. The van der Waals surface area contributed by atoms with Crippen LogP contribution in [0.1, 0.15) is 55.6 Å². The molecule has 0 unspecified atom stereocenters. The molecule has 0 aliphatic heterocycles. The number of aromatic nitrogens is 2. The summed E-state index contributed by atoms with van der Waals surface area (Å²) in [5, 5.41) is 12.4. The molecule has 39 heavy (non-hydrogen) atoms. The van der Waals surface area contributed by atoms with Crippen LogP contribution in [0.25, 0.3) is 0 Å². The van der Waals surface area contributed by atoms with E-state index in [4.69, 9.17) is 10.5 Å². The predicted molar refractivity (Wildman–Crippen MR) is 154 cm³/mol. The van der Waals surface area contributed by atoms with Gasteiger partial charge in [0, 0.05) is 42.1 Å². The zero-order valence-corrected chi connectivity index (χ0v) is 22.7. The number of nitrogens with two attached hydrogens (primary N) is 1. The number of carbonyl (C=O) groups excluding carboxylic acids is 2. The van der Waals surface area contributed by atoms with Crippen molar-refractivity contribution in [2.24, 2.45) is 5.73 Å². The van der Waals surface area contributed by atoms with Crippen LogP contribution in [-0.2, 0) is 4.74 Å². The summed E-state index contributed by atoms with van der Waals surface area (Å²) < 4.78 is 5.24. The highest BCUT2D eigenvalue weighted by Crippen LogP contribution is 2.18. The molecule has 0 aliphatic rings. The third-order valence-electron chi connectivity index (χ3n) is 5.08. The predicted octanol–water partition coefficient (Wildman–Crippen LogP) is 4.48. The van der Waals surface area contributed by atoms with Gasteiger partial charge in [0.25, 0.3) is 0 Å². The Morgan fingerprint density at radius 3 is 2.44 bits per heavy atom. The second-order valence-electron chi connectivity index (χ2n) is 9.64. The molecule has 6 N–H and O–H groups in total. The van der Waals surface area contributed by atoms with Gasteiger partial charge in [-0.15, -0.1) is 0 Å². The molecule has 10 heteroatoms. The van der Waals surface area contributed by atoms with Crippen LogP contribution in [0.3, 0.4) is 0 Å². The summed E-state index contributed by atoms with van der Waals surface area (Å²) >= 11 is 0. The van der Waals surface area contributed by atoms with Crippen LogP contribution in [0.4, 0.5) is 27.9 Å². The zero-order valence-electron chi connectivity index (χ0n) is 22.7. The third-order valence-corrected chi connectivity index (χ3v) is 5.08. The van der Waals surface area contributed by atoms with Gasteiger partial charge in [-0.25, -0.2) is 9.78 Å². The Bertz CT molecular complexity index is 1340. The monoisotopic (exact) mass is 529 g/mol. The molecular formula is C29H35N7O3. The van der Waals surface area contributed by atoms with E-state index >= 15 is 0 Å². The first-order valence-electron chi connectivity index (χ1n) is 12.7. The topological polar surface area (TPSA) is 143 Å². The van der Waals surface area contributed by atoms with Crippen molar-refractivity contribution in [1.82, 2.24) is 15.3 Å². The molecule has 0 aliphatic carbocycles. The standard InChI is InChI=1S/C29H35N7O3/c1-5-15-32-26-22(19-34-27(36-26)35-23-13-11-21(12-14-23)25(30)37)10-9-20-7-6-8-24(18-20)31-16-17-33-28(38)39-29(2,3)4/h6-8,11-14,18-19,31H,5,15-17H2,1-4H3,(H2,30,37)(H,33,38)(H2,32,34,35,36). The largest absolute Gasteiger partial charge is 0.444 e. The molecule has 0 spiro atoms. The van der Waals surface area contributed by atoms with E-state index in [1.807, 2.05) is 45.0 Å². The molecule has 1 heterocycles. The highest BCUT2D eigenvalue weighted by atomic mass is 16.6. The molecule has 0 saturated carbocycles. The lowest BCUT2D eigenvalue weighted by Crippen LogP contribution is -2.34. The molecule has 0 saturated heterocycles. The van der Waals surface area contributed by atoms with Crippen LogP contribution in [0.15, 0.2) is 54.7 Å². The lowest BCUT2D eigenvalue weighted by molar-refractivity contribution is 0.0530. The minimum absolute atomic E-state index is 0.400. The number of hydrogen-bond acceptors (Lipinski definition) is 8. The summed E-state index contributed by atoms with van der Waals surface area (Å²) in [5.41, 5.74) is 8.30. The van der Waals surface area contributed by atoms with Gasteiger partial charge in [0.05, 0.1) is 11.8 Å². The van der Waals surface area contributed by atoms with Gasteiger partial charge in [0.1, 0.15) is 11.4 Å². The fourth-order valence-electron chi connectivity index (χ4n) is 3.29. The molecule has 10 nitrogen and oxygen atoms in total. The highest BCUT2D eigenvalue weighted by Gasteiger charge is 2.15. The van der Waals surface area contributed by atoms with E-state index in [0.717, 1.165) is 29.9 Å². The molecule has 2 amide bonds. The number of amides is 2. The van der Waals surface area contributed by atoms with Crippen molar-refractivity contribution in [3.05, 3.63) is 71.4 Å². The van der Waals surface area contributed by atoms with Crippen molar-refractivity contribution in [3.8, 4) is 11.8 Å². The van der Waals surface area contributed by atoms with Gasteiger partial charge in [0.2, 0.25) is 11.9 Å². The minimum Gasteiger partial charge on any atom is -0.444 e. The van der Waals surface area contributed by atoms with Crippen molar-refractivity contribution in [1.29, 1.82) is 0 Å². The fourth-order valence-corrected chi connectivity index (χ4v) is 3.29. The maximum atomic E-state index is 11.8. The number of benzene rings is 2. The summed E-state index contributed by atoms with van der Waals surface area (Å²) in [5.74, 6) is 6.88. The van der Waals surface area contributed by atoms with E-state index in [2.05, 4.69) is 50.0 Å². The van der Waals surface area contributed by atoms with Crippen LogP contribution in [0.5, 0.6) is 0 Å². The first kappa shape index (κ1) is 28.8. The van der Waals surface area contributed by atoms with Gasteiger partial charge in [-0.1, -0.05) is 24.8 Å². The smallest absolute Gasteiger partial charge is 0.407 e. The Hall–Kier alpha value is -4.78. The number of anilines is 4. The lowest BCUT2D eigenvalue weighted by Gasteiger charge is -2.19. The summed E-state index contributed by atoms with van der Waals surface area (Å²) in [6, 6.07) is 14.5. The lowest BCUT2D eigenvalue weighted by atomic mass is 10.2. The fraction of sp³-hybridized carbons (Fsp3) is 0.310. The molecule has 3 aromatic rings. The van der Waals surface area contributed by atoms with Crippen molar-refractivity contribution < 1.29 is 14.3 Å². The SMILES string of the molecule is CCCNc1nc(Nc2ccc(C(N)=O)cc2)ncc1C#Cc1cccc(NCCNC(=O)OC(C)(C)C)c1. The molecule has 3 rings (SSSR count). The number of ether oxygens (including phenoxy) is 1. The number of alkyl carbamates (subject to hydrolysis) is 1. The number of carbonyl (C=O) groups is 2. The quantitative estimate of drug-likeness (QED) is 0.191. The van der Waals surface area contributed by atoms with Crippen LogP contribution in [0, 0.1) is 11.8 Å². The number of rotatable bonds is 10.